The van der Waals surface area contributed by atoms with Gasteiger partial charge in [-0.2, -0.15) is 11.8 Å². The van der Waals surface area contributed by atoms with Crippen LogP contribution in [0.2, 0.25) is 0 Å². The molecule has 0 amide bonds. The number of rotatable bonds is 3. The molecule has 0 bridgehead atoms. The maximum Gasteiger partial charge on any atom is 0.335 e. The lowest BCUT2D eigenvalue weighted by molar-refractivity contribution is 0.0696. The third-order valence-electron chi connectivity index (χ3n) is 3.35. The predicted octanol–water partition coefficient (Wildman–Crippen LogP) is 3.38. The maximum absolute atomic E-state index is 11.3. The van der Waals surface area contributed by atoms with Crippen molar-refractivity contribution in [3.8, 4) is 0 Å². The summed E-state index contributed by atoms with van der Waals surface area (Å²) in [6.45, 7) is 6.13. The van der Waals surface area contributed by atoms with Gasteiger partial charge in [0.2, 0.25) is 0 Å². The first-order valence-corrected chi connectivity index (χ1v) is 8.12. The molecule has 2 heterocycles. The van der Waals surface area contributed by atoms with Crippen molar-refractivity contribution in [3.05, 3.63) is 23.4 Å². The molecule has 20 heavy (non-hydrogen) atoms. The summed E-state index contributed by atoms with van der Waals surface area (Å²) in [5.41, 5.74) is 0.947. The molecule has 2 rings (SSSR count). The van der Waals surface area contributed by atoms with Crippen LogP contribution in [0.5, 0.6) is 0 Å². The van der Waals surface area contributed by atoms with Crippen molar-refractivity contribution in [2.75, 3.05) is 16.8 Å². The summed E-state index contributed by atoms with van der Waals surface area (Å²) < 4.78 is 0. The van der Waals surface area contributed by atoms with Gasteiger partial charge in [-0.15, -0.1) is 0 Å². The zero-order chi connectivity index (χ0) is 14.8. The molecule has 2 N–H and O–H groups in total. The molecule has 0 aromatic carbocycles. The lowest BCUT2D eigenvalue weighted by Crippen LogP contribution is -2.27. The summed E-state index contributed by atoms with van der Waals surface area (Å²) in [6.07, 6.45) is 2.32. The van der Waals surface area contributed by atoms with Gasteiger partial charge in [0, 0.05) is 22.9 Å². The van der Waals surface area contributed by atoms with E-state index in [2.05, 4.69) is 10.3 Å². The molecule has 4 nitrogen and oxygen atoms in total. The molecule has 1 aromatic heterocycles. The average Bonchev–Trinajstić information content (AvgIpc) is 2.38. The standard InChI is InChI=1S/C15H22N2O2S/c1-15(2,3)12-7-10(14(18)19)8-13(17-12)16-11-5-4-6-20-9-11/h7-8,11H,4-6,9H2,1-3H3,(H,16,17)(H,18,19). The summed E-state index contributed by atoms with van der Waals surface area (Å²) in [5, 5.41) is 12.6. The Labute approximate surface area is 124 Å². The number of aromatic carboxylic acids is 1. The molecule has 0 saturated carbocycles. The van der Waals surface area contributed by atoms with Gasteiger partial charge in [-0.25, -0.2) is 9.78 Å². The molecule has 5 heteroatoms. The van der Waals surface area contributed by atoms with Gasteiger partial charge in [0.15, 0.2) is 0 Å². The van der Waals surface area contributed by atoms with Crippen LogP contribution in [0.4, 0.5) is 5.82 Å². The van der Waals surface area contributed by atoms with Crippen LogP contribution in [0, 0.1) is 0 Å². The number of carboxylic acid groups (broad SMARTS) is 1. The van der Waals surface area contributed by atoms with Gasteiger partial charge < -0.3 is 10.4 Å². The minimum Gasteiger partial charge on any atom is -0.478 e. The van der Waals surface area contributed by atoms with E-state index < -0.39 is 5.97 Å². The number of anilines is 1. The molecule has 110 valence electrons. The highest BCUT2D eigenvalue weighted by atomic mass is 32.2. The number of nitrogens with zero attached hydrogens (tertiary/aromatic N) is 1. The van der Waals surface area contributed by atoms with E-state index in [-0.39, 0.29) is 5.41 Å². The van der Waals surface area contributed by atoms with E-state index in [0.717, 1.165) is 17.9 Å². The lowest BCUT2D eigenvalue weighted by Gasteiger charge is -2.25. The molecule has 0 aliphatic carbocycles. The van der Waals surface area contributed by atoms with Gasteiger partial charge in [-0.3, -0.25) is 0 Å². The smallest absolute Gasteiger partial charge is 0.335 e. The number of hydrogen-bond acceptors (Lipinski definition) is 4. The minimum atomic E-state index is -0.904. The number of nitrogens with one attached hydrogen (secondary N) is 1. The van der Waals surface area contributed by atoms with Crippen LogP contribution in [0.25, 0.3) is 0 Å². The highest BCUT2D eigenvalue weighted by molar-refractivity contribution is 7.99. The molecule has 1 aliphatic rings. The van der Waals surface area contributed by atoms with E-state index >= 15 is 0 Å². The topological polar surface area (TPSA) is 62.2 Å². The second-order valence-electron chi connectivity index (χ2n) is 6.24. The number of carbonyl (C=O) groups is 1. The van der Waals surface area contributed by atoms with Crippen molar-refractivity contribution in [3.63, 3.8) is 0 Å². The highest BCUT2D eigenvalue weighted by Gasteiger charge is 2.20. The fourth-order valence-electron chi connectivity index (χ4n) is 2.18. The van der Waals surface area contributed by atoms with E-state index in [1.807, 2.05) is 32.5 Å². The molecule has 1 aliphatic heterocycles. The zero-order valence-corrected chi connectivity index (χ0v) is 13.1. The Kier molecular flexibility index (Phi) is 4.58. The van der Waals surface area contributed by atoms with Crippen molar-refractivity contribution < 1.29 is 9.90 Å². The average molecular weight is 294 g/mol. The quantitative estimate of drug-likeness (QED) is 0.894. The molecule has 1 aromatic rings. The fraction of sp³-hybridized carbons (Fsp3) is 0.600. The Morgan fingerprint density at radius 1 is 1.45 bits per heavy atom. The van der Waals surface area contributed by atoms with Crippen LogP contribution in [-0.2, 0) is 5.41 Å². The van der Waals surface area contributed by atoms with Crippen LogP contribution in [0.1, 0.15) is 49.7 Å². The largest absolute Gasteiger partial charge is 0.478 e. The summed E-state index contributed by atoms with van der Waals surface area (Å²) in [5.74, 6) is 2.05. The summed E-state index contributed by atoms with van der Waals surface area (Å²) >= 11 is 1.94. The molecule has 1 unspecified atom stereocenters. The molecule has 1 saturated heterocycles. The molecule has 0 spiro atoms. The van der Waals surface area contributed by atoms with Crippen molar-refractivity contribution in [1.29, 1.82) is 0 Å². The van der Waals surface area contributed by atoms with Crippen LogP contribution < -0.4 is 5.32 Å². The first-order valence-electron chi connectivity index (χ1n) is 6.96. The van der Waals surface area contributed by atoms with Gasteiger partial charge in [-0.05, 0) is 30.7 Å². The zero-order valence-electron chi connectivity index (χ0n) is 12.3. The monoisotopic (exact) mass is 294 g/mol. The van der Waals surface area contributed by atoms with Crippen molar-refractivity contribution >= 4 is 23.5 Å². The van der Waals surface area contributed by atoms with Gasteiger partial charge in [0.05, 0.1) is 5.56 Å². The van der Waals surface area contributed by atoms with Crippen LogP contribution >= 0.6 is 11.8 Å². The first kappa shape index (κ1) is 15.2. The van der Waals surface area contributed by atoms with Crippen molar-refractivity contribution in [2.45, 2.75) is 45.1 Å². The minimum absolute atomic E-state index is 0.163. The fourth-order valence-corrected chi connectivity index (χ4v) is 3.25. The van der Waals surface area contributed by atoms with E-state index in [4.69, 9.17) is 0 Å². The number of pyridine rings is 1. The molecular formula is C15H22N2O2S. The van der Waals surface area contributed by atoms with Crippen molar-refractivity contribution in [1.82, 2.24) is 4.98 Å². The Hall–Kier alpha value is -1.23. The second-order valence-corrected chi connectivity index (χ2v) is 7.39. The first-order chi connectivity index (χ1) is 9.36. The lowest BCUT2D eigenvalue weighted by atomic mass is 9.90. The normalized spacial score (nSPS) is 19.6. The second kappa shape index (κ2) is 6.04. The Bertz CT molecular complexity index is 491. The molecule has 1 atom stereocenters. The van der Waals surface area contributed by atoms with Gasteiger partial charge >= 0.3 is 5.97 Å². The van der Waals surface area contributed by atoms with Crippen LogP contribution in [0.3, 0.4) is 0 Å². The van der Waals surface area contributed by atoms with Crippen molar-refractivity contribution in [2.24, 2.45) is 0 Å². The van der Waals surface area contributed by atoms with E-state index in [1.54, 1.807) is 12.1 Å². The van der Waals surface area contributed by atoms with Gasteiger partial charge in [-0.1, -0.05) is 20.8 Å². The number of aromatic nitrogens is 1. The van der Waals surface area contributed by atoms with E-state index in [9.17, 15) is 9.90 Å². The third-order valence-corrected chi connectivity index (χ3v) is 4.57. The maximum atomic E-state index is 11.3. The number of hydrogen-bond donors (Lipinski definition) is 2. The summed E-state index contributed by atoms with van der Waals surface area (Å²) in [4.78, 5) is 15.9. The summed E-state index contributed by atoms with van der Waals surface area (Å²) in [7, 11) is 0. The van der Waals surface area contributed by atoms with Crippen LogP contribution in [0.15, 0.2) is 12.1 Å². The molecule has 0 radical (unpaired) electrons. The highest BCUT2D eigenvalue weighted by Crippen LogP contribution is 2.25. The molecular weight excluding hydrogens is 272 g/mol. The SMILES string of the molecule is CC(C)(C)c1cc(C(=O)O)cc(NC2CCCSC2)n1. The number of carboxylic acids is 1. The van der Waals surface area contributed by atoms with Crippen LogP contribution in [-0.4, -0.2) is 33.6 Å². The predicted molar refractivity (Wildman–Crippen MR) is 83.9 cm³/mol. The third kappa shape index (κ3) is 3.88. The summed E-state index contributed by atoms with van der Waals surface area (Å²) in [6, 6.07) is 3.69. The van der Waals surface area contributed by atoms with E-state index in [1.165, 1.54) is 12.2 Å². The molecule has 1 fully saturated rings. The Morgan fingerprint density at radius 2 is 2.20 bits per heavy atom. The number of thioether (sulfide) groups is 1. The van der Waals surface area contributed by atoms with E-state index in [0.29, 0.717) is 17.4 Å². The van der Waals surface area contributed by atoms with Gasteiger partial charge in [0.25, 0.3) is 0 Å². The Morgan fingerprint density at radius 3 is 2.75 bits per heavy atom. The Balaban J connectivity index is 2.26. The van der Waals surface area contributed by atoms with Gasteiger partial charge in [0.1, 0.15) is 5.82 Å².